The molecule has 136 valence electrons. The van der Waals surface area contributed by atoms with E-state index in [4.69, 9.17) is 0 Å². The van der Waals surface area contributed by atoms with E-state index in [1.54, 1.807) is 10.7 Å². The number of benzene rings is 2. The Kier molecular flexibility index (Phi) is 4.53. The standard InChI is InChI=1S/C20H17BrN4O2/c1-12-8-9-25(24-12)18-5-3-2-4-17(18)23-20(27)15-11-19(26)22-16-7-6-13(21)10-14(15)16/h2-10,15H,11H2,1H3,(H,22,26)(H,23,27). The van der Waals surface area contributed by atoms with Gasteiger partial charge in [0.05, 0.1) is 23.0 Å². The molecule has 2 heterocycles. The normalized spacial score (nSPS) is 15.8. The van der Waals surface area contributed by atoms with Crippen molar-refractivity contribution in [3.63, 3.8) is 0 Å². The summed E-state index contributed by atoms with van der Waals surface area (Å²) < 4.78 is 2.59. The van der Waals surface area contributed by atoms with Gasteiger partial charge < -0.3 is 10.6 Å². The van der Waals surface area contributed by atoms with Gasteiger partial charge in [-0.15, -0.1) is 0 Å². The lowest BCUT2D eigenvalue weighted by molar-refractivity contribution is -0.123. The molecule has 0 bridgehead atoms. The van der Waals surface area contributed by atoms with Gasteiger partial charge >= 0.3 is 0 Å². The van der Waals surface area contributed by atoms with Gasteiger partial charge in [-0.05, 0) is 48.9 Å². The van der Waals surface area contributed by atoms with E-state index in [1.165, 1.54) is 0 Å². The van der Waals surface area contributed by atoms with Crippen molar-refractivity contribution in [3.05, 3.63) is 70.5 Å². The predicted octanol–water partition coefficient (Wildman–Crippen LogP) is 4.01. The maximum absolute atomic E-state index is 13.0. The van der Waals surface area contributed by atoms with Gasteiger partial charge in [-0.25, -0.2) is 4.68 Å². The topological polar surface area (TPSA) is 76.0 Å². The monoisotopic (exact) mass is 424 g/mol. The maximum atomic E-state index is 13.0. The number of amides is 2. The Balaban J connectivity index is 1.66. The summed E-state index contributed by atoms with van der Waals surface area (Å²) >= 11 is 3.44. The minimum absolute atomic E-state index is 0.109. The smallest absolute Gasteiger partial charge is 0.232 e. The van der Waals surface area contributed by atoms with Crippen LogP contribution in [0, 0.1) is 6.92 Å². The molecule has 0 aliphatic carbocycles. The SMILES string of the molecule is Cc1ccn(-c2ccccc2NC(=O)C2CC(=O)Nc3ccc(Br)cc32)n1. The molecule has 0 saturated carbocycles. The second-order valence-electron chi connectivity index (χ2n) is 6.44. The molecule has 1 aromatic heterocycles. The molecule has 1 atom stereocenters. The minimum atomic E-state index is -0.557. The molecule has 0 spiro atoms. The summed E-state index contributed by atoms with van der Waals surface area (Å²) in [6.45, 7) is 1.91. The Morgan fingerprint density at radius 2 is 2.07 bits per heavy atom. The van der Waals surface area contributed by atoms with Crippen LogP contribution in [0.2, 0.25) is 0 Å². The van der Waals surface area contributed by atoms with Crippen molar-refractivity contribution in [1.82, 2.24) is 9.78 Å². The van der Waals surface area contributed by atoms with Crippen LogP contribution in [0.4, 0.5) is 11.4 Å². The van der Waals surface area contributed by atoms with Gasteiger partial charge in [-0.3, -0.25) is 9.59 Å². The molecule has 1 aliphatic heterocycles. The predicted molar refractivity (Wildman–Crippen MR) is 107 cm³/mol. The highest BCUT2D eigenvalue weighted by Crippen LogP contribution is 2.35. The van der Waals surface area contributed by atoms with Crippen molar-refractivity contribution in [2.45, 2.75) is 19.3 Å². The highest BCUT2D eigenvalue weighted by atomic mass is 79.9. The first-order chi connectivity index (χ1) is 13.0. The largest absolute Gasteiger partial charge is 0.326 e. The first-order valence-electron chi connectivity index (χ1n) is 8.53. The molecule has 2 amide bonds. The number of anilines is 2. The van der Waals surface area contributed by atoms with E-state index in [0.29, 0.717) is 11.4 Å². The minimum Gasteiger partial charge on any atom is -0.326 e. The third kappa shape index (κ3) is 3.50. The number of carbonyl (C=O) groups is 2. The maximum Gasteiger partial charge on any atom is 0.232 e. The quantitative estimate of drug-likeness (QED) is 0.666. The van der Waals surface area contributed by atoms with Gasteiger partial charge in [0.25, 0.3) is 0 Å². The van der Waals surface area contributed by atoms with Crippen molar-refractivity contribution in [2.24, 2.45) is 0 Å². The molecule has 3 aromatic rings. The van der Waals surface area contributed by atoms with Gasteiger partial charge in [-0.2, -0.15) is 5.10 Å². The van der Waals surface area contributed by atoms with Crippen LogP contribution in [0.3, 0.4) is 0 Å². The number of nitrogens with zero attached hydrogens (tertiary/aromatic N) is 2. The first kappa shape index (κ1) is 17.5. The molecule has 1 unspecified atom stereocenters. The molecule has 2 aromatic carbocycles. The second-order valence-corrected chi connectivity index (χ2v) is 7.36. The molecule has 27 heavy (non-hydrogen) atoms. The van der Waals surface area contributed by atoms with Crippen molar-refractivity contribution in [2.75, 3.05) is 10.6 Å². The fraction of sp³-hybridized carbons (Fsp3) is 0.150. The van der Waals surface area contributed by atoms with E-state index in [0.717, 1.165) is 21.4 Å². The van der Waals surface area contributed by atoms with Crippen molar-refractivity contribution in [3.8, 4) is 5.69 Å². The Labute approximate surface area is 164 Å². The average Bonchev–Trinajstić information content (AvgIpc) is 3.08. The Bertz CT molecular complexity index is 1040. The molecule has 0 saturated heterocycles. The number of aryl methyl sites for hydroxylation is 1. The number of fused-ring (bicyclic) bond motifs is 1. The molecule has 1 aliphatic rings. The Morgan fingerprint density at radius 1 is 1.26 bits per heavy atom. The van der Waals surface area contributed by atoms with Crippen LogP contribution < -0.4 is 10.6 Å². The molecule has 6 nitrogen and oxygen atoms in total. The number of rotatable bonds is 3. The number of aromatic nitrogens is 2. The highest BCUT2D eigenvalue weighted by molar-refractivity contribution is 9.10. The fourth-order valence-corrected chi connectivity index (χ4v) is 3.59. The fourth-order valence-electron chi connectivity index (χ4n) is 3.21. The van der Waals surface area contributed by atoms with Crippen LogP contribution in [0.25, 0.3) is 5.69 Å². The lowest BCUT2D eigenvalue weighted by atomic mass is 9.89. The van der Waals surface area contributed by atoms with E-state index in [1.807, 2.05) is 55.6 Å². The van der Waals surface area contributed by atoms with Crippen molar-refractivity contribution >= 4 is 39.1 Å². The lowest BCUT2D eigenvalue weighted by Gasteiger charge is -2.25. The molecule has 0 fully saturated rings. The van der Waals surface area contributed by atoms with Crippen molar-refractivity contribution in [1.29, 1.82) is 0 Å². The number of para-hydroxylation sites is 2. The average molecular weight is 425 g/mol. The van der Waals surface area contributed by atoms with Gasteiger partial charge in [0, 0.05) is 22.8 Å². The van der Waals surface area contributed by atoms with E-state index >= 15 is 0 Å². The van der Waals surface area contributed by atoms with Gasteiger partial charge in [0.1, 0.15) is 0 Å². The van der Waals surface area contributed by atoms with Crippen LogP contribution in [0.1, 0.15) is 23.6 Å². The zero-order valence-electron chi connectivity index (χ0n) is 14.6. The first-order valence-corrected chi connectivity index (χ1v) is 9.32. The summed E-state index contributed by atoms with van der Waals surface area (Å²) in [5, 5.41) is 10.2. The zero-order chi connectivity index (χ0) is 19.0. The Hall–Kier alpha value is -2.93. The van der Waals surface area contributed by atoms with E-state index in [2.05, 4.69) is 31.7 Å². The number of halogens is 1. The van der Waals surface area contributed by atoms with Gasteiger partial charge in [0.2, 0.25) is 11.8 Å². The molecule has 2 N–H and O–H groups in total. The molecular formula is C20H17BrN4O2. The third-order valence-corrected chi connectivity index (χ3v) is 4.99. The highest BCUT2D eigenvalue weighted by Gasteiger charge is 2.31. The number of hydrogen-bond donors (Lipinski definition) is 2. The summed E-state index contributed by atoms with van der Waals surface area (Å²) in [6.07, 6.45) is 1.96. The summed E-state index contributed by atoms with van der Waals surface area (Å²) in [4.78, 5) is 25.1. The van der Waals surface area contributed by atoms with Crippen molar-refractivity contribution < 1.29 is 9.59 Å². The summed E-state index contributed by atoms with van der Waals surface area (Å²) in [7, 11) is 0. The third-order valence-electron chi connectivity index (χ3n) is 4.50. The van der Waals surface area contributed by atoms with Gasteiger partial charge in [0.15, 0.2) is 0 Å². The second kappa shape index (κ2) is 7.00. The summed E-state index contributed by atoms with van der Waals surface area (Å²) in [5.74, 6) is -0.944. The van der Waals surface area contributed by atoms with Crippen LogP contribution >= 0.6 is 15.9 Å². The summed E-state index contributed by atoms with van der Waals surface area (Å²) in [5.41, 5.74) is 3.78. The number of carbonyl (C=O) groups excluding carboxylic acids is 2. The van der Waals surface area contributed by atoms with Crippen LogP contribution in [0.15, 0.2) is 59.2 Å². The van der Waals surface area contributed by atoms with Crippen LogP contribution in [-0.4, -0.2) is 21.6 Å². The number of nitrogens with one attached hydrogen (secondary N) is 2. The Morgan fingerprint density at radius 3 is 2.85 bits per heavy atom. The lowest BCUT2D eigenvalue weighted by Crippen LogP contribution is -2.31. The van der Waals surface area contributed by atoms with E-state index in [9.17, 15) is 9.59 Å². The van der Waals surface area contributed by atoms with Crippen LogP contribution in [0.5, 0.6) is 0 Å². The molecular weight excluding hydrogens is 408 g/mol. The summed E-state index contributed by atoms with van der Waals surface area (Å²) in [6, 6.07) is 14.9. The van der Waals surface area contributed by atoms with Gasteiger partial charge in [-0.1, -0.05) is 28.1 Å². The number of hydrogen-bond acceptors (Lipinski definition) is 3. The van der Waals surface area contributed by atoms with Crippen LogP contribution in [-0.2, 0) is 9.59 Å². The van der Waals surface area contributed by atoms with E-state index in [-0.39, 0.29) is 18.2 Å². The molecule has 0 radical (unpaired) electrons. The zero-order valence-corrected chi connectivity index (χ0v) is 16.2. The van der Waals surface area contributed by atoms with E-state index < -0.39 is 5.92 Å². The molecule has 4 rings (SSSR count). The molecule has 7 heteroatoms.